The lowest BCUT2D eigenvalue weighted by Gasteiger charge is -2.17. The Morgan fingerprint density at radius 1 is 1.50 bits per heavy atom. The number of aryl methyl sites for hydroxylation is 1. The molecule has 0 spiro atoms. The summed E-state index contributed by atoms with van der Waals surface area (Å²) >= 11 is 0. The third-order valence-corrected chi connectivity index (χ3v) is 1.65. The summed E-state index contributed by atoms with van der Waals surface area (Å²) in [5, 5.41) is 9.48. The quantitative estimate of drug-likeness (QED) is 0.694. The zero-order chi connectivity index (χ0) is 9.35. The maximum Gasteiger partial charge on any atom is 0.132 e. The Hall–Kier alpha value is -0.960. The minimum Gasteiger partial charge on any atom is -0.386 e. The molecule has 0 aromatic carbocycles. The minimum atomic E-state index is -1.16. The summed E-state index contributed by atoms with van der Waals surface area (Å²) in [6.07, 6.45) is 1.37. The lowest BCUT2D eigenvalue weighted by atomic mass is 10.00. The number of hydrogen-bond donors (Lipinski definition) is 1. The molecule has 0 atom stereocenters. The van der Waals surface area contributed by atoms with Crippen molar-refractivity contribution < 1.29 is 9.50 Å². The van der Waals surface area contributed by atoms with E-state index in [1.54, 1.807) is 6.92 Å². The van der Waals surface area contributed by atoms with Crippen molar-refractivity contribution in [2.75, 3.05) is 0 Å². The second-order valence-corrected chi connectivity index (χ2v) is 3.36. The van der Waals surface area contributed by atoms with Crippen LogP contribution >= 0.6 is 0 Å². The molecule has 0 aliphatic carbocycles. The van der Waals surface area contributed by atoms with Gasteiger partial charge in [-0.3, -0.25) is 4.98 Å². The predicted octanol–water partition coefficient (Wildman–Crippen LogP) is 1.76. The maximum atomic E-state index is 13.1. The average molecular weight is 169 g/mol. The van der Waals surface area contributed by atoms with E-state index in [0.717, 1.165) is 0 Å². The Balaban J connectivity index is 3.19. The number of pyridine rings is 1. The highest BCUT2D eigenvalue weighted by atomic mass is 19.1. The molecule has 1 rings (SSSR count). The molecule has 1 aromatic heterocycles. The molecule has 0 unspecified atom stereocenters. The third kappa shape index (κ3) is 1.80. The molecule has 0 amide bonds. The first-order chi connectivity index (χ1) is 5.41. The van der Waals surface area contributed by atoms with E-state index in [2.05, 4.69) is 4.98 Å². The van der Waals surface area contributed by atoms with Crippen LogP contribution in [0.1, 0.15) is 25.1 Å². The van der Waals surface area contributed by atoms with Gasteiger partial charge in [0.15, 0.2) is 0 Å². The molecule has 0 bridgehead atoms. The summed E-state index contributed by atoms with van der Waals surface area (Å²) in [7, 11) is 0. The molecule has 66 valence electrons. The van der Waals surface area contributed by atoms with Crippen molar-refractivity contribution in [1.82, 2.24) is 4.98 Å². The van der Waals surface area contributed by atoms with Crippen molar-refractivity contribution in [1.29, 1.82) is 0 Å². The summed E-state index contributed by atoms with van der Waals surface area (Å²) in [5.74, 6) is -0.407. The van der Waals surface area contributed by atoms with Crippen LogP contribution in [0.15, 0.2) is 12.3 Å². The highest BCUT2D eigenvalue weighted by Crippen LogP contribution is 2.21. The molecule has 3 heteroatoms. The molecule has 0 fully saturated rings. The average Bonchev–Trinajstić information content (AvgIpc) is 1.83. The van der Waals surface area contributed by atoms with E-state index in [0.29, 0.717) is 5.69 Å². The number of hydrogen-bond acceptors (Lipinski definition) is 2. The zero-order valence-electron chi connectivity index (χ0n) is 7.43. The van der Waals surface area contributed by atoms with Crippen molar-refractivity contribution in [2.24, 2.45) is 0 Å². The van der Waals surface area contributed by atoms with Crippen LogP contribution < -0.4 is 0 Å². The zero-order valence-corrected chi connectivity index (χ0v) is 7.43. The monoisotopic (exact) mass is 169 g/mol. The second-order valence-electron chi connectivity index (χ2n) is 3.36. The van der Waals surface area contributed by atoms with Crippen LogP contribution in [-0.2, 0) is 5.60 Å². The fraction of sp³-hybridized carbons (Fsp3) is 0.444. The van der Waals surface area contributed by atoms with Crippen LogP contribution in [0, 0.1) is 12.7 Å². The van der Waals surface area contributed by atoms with Gasteiger partial charge in [-0.1, -0.05) is 0 Å². The van der Waals surface area contributed by atoms with Crippen molar-refractivity contribution in [3.05, 3.63) is 29.3 Å². The van der Waals surface area contributed by atoms with Crippen molar-refractivity contribution in [2.45, 2.75) is 26.4 Å². The van der Waals surface area contributed by atoms with E-state index >= 15 is 0 Å². The molecule has 12 heavy (non-hydrogen) atoms. The van der Waals surface area contributed by atoms with E-state index in [1.807, 2.05) is 0 Å². The van der Waals surface area contributed by atoms with Gasteiger partial charge in [0.2, 0.25) is 0 Å². The van der Waals surface area contributed by atoms with Crippen LogP contribution in [0.25, 0.3) is 0 Å². The summed E-state index contributed by atoms with van der Waals surface area (Å²) in [5.41, 5.74) is -0.321. The predicted molar refractivity (Wildman–Crippen MR) is 44.2 cm³/mol. The van der Waals surface area contributed by atoms with Gasteiger partial charge in [-0.25, -0.2) is 4.39 Å². The molecule has 2 nitrogen and oxygen atoms in total. The van der Waals surface area contributed by atoms with Crippen LogP contribution in [0.5, 0.6) is 0 Å². The SMILES string of the molecule is Cc1cc(F)c(C(C)(C)O)cn1. The van der Waals surface area contributed by atoms with Crippen LogP contribution in [0.4, 0.5) is 4.39 Å². The Bertz CT molecular complexity index is 291. The van der Waals surface area contributed by atoms with Gasteiger partial charge in [-0.2, -0.15) is 0 Å². The Morgan fingerprint density at radius 2 is 2.08 bits per heavy atom. The van der Waals surface area contributed by atoms with E-state index in [9.17, 15) is 9.50 Å². The van der Waals surface area contributed by atoms with E-state index < -0.39 is 11.4 Å². The van der Waals surface area contributed by atoms with Crippen LogP contribution in [0.2, 0.25) is 0 Å². The molecular formula is C9H12FNO. The first-order valence-corrected chi connectivity index (χ1v) is 3.76. The van der Waals surface area contributed by atoms with Gasteiger partial charge in [0.1, 0.15) is 5.82 Å². The van der Waals surface area contributed by atoms with Crippen molar-refractivity contribution in [3.8, 4) is 0 Å². The summed E-state index contributed by atoms with van der Waals surface area (Å²) < 4.78 is 13.1. The van der Waals surface area contributed by atoms with E-state index in [-0.39, 0.29) is 5.56 Å². The number of aliphatic hydroxyl groups is 1. The van der Waals surface area contributed by atoms with Gasteiger partial charge in [0, 0.05) is 17.5 Å². The molecule has 0 saturated heterocycles. The van der Waals surface area contributed by atoms with Gasteiger partial charge in [0.25, 0.3) is 0 Å². The fourth-order valence-electron chi connectivity index (χ4n) is 0.977. The lowest BCUT2D eigenvalue weighted by molar-refractivity contribution is 0.0741. The largest absolute Gasteiger partial charge is 0.386 e. The topological polar surface area (TPSA) is 33.1 Å². The Kier molecular flexibility index (Phi) is 2.15. The Labute approximate surface area is 71.1 Å². The Morgan fingerprint density at radius 3 is 2.50 bits per heavy atom. The van der Waals surface area contributed by atoms with Crippen molar-refractivity contribution >= 4 is 0 Å². The number of nitrogens with zero attached hydrogens (tertiary/aromatic N) is 1. The lowest BCUT2D eigenvalue weighted by Crippen LogP contribution is -2.18. The maximum absolute atomic E-state index is 13.1. The summed E-state index contributed by atoms with van der Waals surface area (Å²) in [4.78, 5) is 3.91. The fourth-order valence-corrected chi connectivity index (χ4v) is 0.977. The van der Waals surface area contributed by atoms with Gasteiger partial charge in [-0.05, 0) is 26.8 Å². The molecule has 0 aliphatic heterocycles. The molecule has 1 heterocycles. The van der Waals surface area contributed by atoms with E-state index in [4.69, 9.17) is 0 Å². The van der Waals surface area contributed by atoms with E-state index in [1.165, 1.54) is 26.1 Å². The number of rotatable bonds is 1. The normalized spacial score (nSPS) is 11.8. The molecule has 0 radical (unpaired) electrons. The van der Waals surface area contributed by atoms with Crippen LogP contribution in [0.3, 0.4) is 0 Å². The second kappa shape index (κ2) is 2.83. The van der Waals surface area contributed by atoms with Gasteiger partial charge >= 0.3 is 0 Å². The molecule has 0 saturated carbocycles. The first kappa shape index (κ1) is 9.13. The molecule has 1 N–H and O–H groups in total. The highest BCUT2D eigenvalue weighted by molar-refractivity contribution is 5.21. The first-order valence-electron chi connectivity index (χ1n) is 3.76. The van der Waals surface area contributed by atoms with Gasteiger partial charge in [-0.15, -0.1) is 0 Å². The summed E-state index contributed by atoms with van der Waals surface area (Å²) in [6.45, 7) is 4.77. The van der Waals surface area contributed by atoms with Gasteiger partial charge < -0.3 is 5.11 Å². The number of aromatic nitrogens is 1. The highest BCUT2D eigenvalue weighted by Gasteiger charge is 2.20. The number of halogens is 1. The third-order valence-electron chi connectivity index (χ3n) is 1.65. The molecular weight excluding hydrogens is 157 g/mol. The van der Waals surface area contributed by atoms with Gasteiger partial charge in [0.05, 0.1) is 5.60 Å². The minimum absolute atomic E-state index is 0.230. The summed E-state index contributed by atoms with van der Waals surface area (Å²) in [6, 6.07) is 1.31. The smallest absolute Gasteiger partial charge is 0.132 e. The van der Waals surface area contributed by atoms with Crippen molar-refractivity contribution in [3.63, 3.8) is 0 Å². The molecule has 0 aliphatic rings. The van der Waals surface area contributed by atoms with Crippen LogP contribution in [-0.4, -0.2) is 10.1 Å². The standard InChI is InChI=1S/C9H12FNO/c1-6-4-8(10)7(5-11-6)9(2,3)12/h4-5,12H,1-3H3. The molecule has 1 aromatic rings.